The van der Waals surface area contributed by atoms with Gasteiger partial charge in [0.25, 0.3) is 0 Å². The first kappa shape index (κ1) is 14.6. The number of amides is 1. The van der Waals surface area contributed by atoms with Crippen molar-refractivity contribution >= 4 is 11.6 Å². The highest BCUT2D eigenvalue weighted by atomic mass is 16.2. The lowest BCUT2D eigenvalue weighted by Gasteiger charge is -2.36. The van der Waals surface area contributed by atoms with Crippen LogP contribution in [0.15, 0.2) is 18.2 Å². The van der Waals surface area contributed by atoms with Gasteiger partial charge in [0.05, 0.1) is 0 Å². The number of rotatable bonds is 2. The normalized spacial score (nSPS) is 25.5. The minimum atomic E-state index is 0.207. The van der Waals surface area contributed by atoms with Crippen LogP contribution in [0.1, 0.15) is 43.2 Å². The summed E-state index contributed by atoms with van der Waals surface area (Å²) in [5.74, 6) is 1.18. The molecule has 1 fully saturated rings. The molecule has 2 aliphatic rings. The molecule has 3 rings (SSSR count). The van der Waals surface area contributed by atoms with E-state index in [9.17, 15) is 4.79 Å². The molecular weight excluding hydrogens is 260 g/mol. The fourth-order valence-electron chi connectivity index (χ4n) is 3.93. The number of benzene rings is 1. The summed E-state index contributed by atoms with van der Waals surface area (Å²) in [6.07, 6.45) is 6.43. The summed E-state index contributed by atoms with van der Waals surface area (Å²) in [6.45, 7) is 3.77. The molecule has 2 N–H and O–H groups in total. The molecule has 0 spiro atoms. The van der Waals surface area contributed by atoms with E-state index >= 15 is 0 Å². The van der Waals surface area contributed by atoms with Crippen molar-refractivity contribution in [2.75, 3.05) is 18.0 Å². The summed E-state index contributed by atoms with van der Waals surface area (Å²) in [5, 5.41) is 0. The van der Waals surface area contributed by atoms with E-state index in [1.807, 2.05) is 0 Å². The van der Waals surface area contributed by atoms with Crippen LogP contribution >= 0.6 is 0 Å². The zero-order valence-electron chi connectivity index (χ0n) is 13.0. The second-order valence-corrected chi connectivity index (χ2v) is 6.63. The third-order valence-corrected chi connectivity index (χ3v) is 5.21. The Morgan fingerprint density at radius 3 is 2.76 bits per heavy atom. The van der Waals surface area contributed by atoms with Gasteiger partial charge in [0.2, 0.25) is 5.91 Å². The van der Waals surface area contributed by atoms with Gasteiger partial charge in [0.15, 0.2) is 0 Å². The summed E-state index contributed by atoms with van der Waals surface area (Å²) in [4.78, 5) is 15.0. The number of aryl methyl sites for hydroxylation is 2. The lowest BCUT2D eigenvalue weighted by atomic mass is 9.81. The van der Waals surface area contributed by atoms with E-state index in [2.05, 4.69) is 30.0 Å². The number of carbonyl (C=O) groups is 1. The predicted molar refractivity (Wildman–Crippen MR) is 86.4 cm³/mol. The summed E-state index contributed by atoms with van der Waals surface area (Å²) in [6, 6.07) is 6.40. The Hall–Kier alpha value is -1.35. The molecule has 3 nitrogen and oxygen atoms in total. The van der Waals surface area contributed by atoms with Crippen molar-refractivity contribution in [1.29, 1.82) is 0 Å². The van der Waals surface area contributed by atoms with Gasteiger partial charge in [0.1, 0.15) is 0 Å². The van der Waals surface area contributed by atoms with Gasteiger partial charge < -0.3 is 10.6 Å². The van der Waals surface area contributed by atoms with Crippen molar-refractivity contribution in [2.45, 2.75) is 45.4 Å². The molecule has 1 aromatic carbocycles. The van der Waals surface area contributed by atoms with Crippen LogP contribution in [0.25, 0.3) is 0 Å². The molecule has 0 atom stereocenters. The quantitative estimate of drug-likeness (QED) is 0.908. The molecule has 0 saturated heterocycles. The van der Waals surface area contributed by atoms with Crippen molar-refractivity contribution in [2.24, 2.45) is 17.6 Å². The number of nitrogens with two attached hydrogens (primary N) is 1. The van der Waals surface area contributed by atoms with Gasteiger partial charge in [-0.15, -0.1) is 0 Å². The van der Waals surface area contributed by atoms with Gasteiger partial charge in [-0.1, -0.05) is 18.2 Å². The smallest absolute Gasteiger partial charge is 0.230 e. The molecule has 1 heterocycles. The SMILES string of the molecule is Cc1cccc2c1N(C(=O)C1CCC(CN)CC1)CCC2. The average molecular weight is 286 g/mol. The minimum Gasteiger partial charge on any atom is -0.330 e. The first-order chi connectivity index (χ1) is 10.2. The first-order valence-electron chi connectivity index (χ1n) is 8.30. The summed E-state index contributed by atoms with van der Waals surface area (Å²) in [5.41, 5.74) is 9.52. The molecule has 1 aliphatic carbocycles. The molecule has 3 heteroatoms. The second-order valence-electron chi connectivity index (χ2n) is 6.63. The van der Waals surface area contributed by atoms with Crippen LogP contribution in [-0.2, 0) is 11.2 Å². The van der Waals surface area contributed by atoms with Gasteiger partial charge in [-0.25, -0.2) is 0 Å². The summed E-state index contributed by atoms with van der Waals surface area (Å²) in [7, 11) is 0. The monoisotopic (exact) mass is 286 g/mol. The van der Waals surface area contributed by atoms with Crippen LogP contribution in [0.3, 0.4) is 0 Å². The fraction of sp³-hybridized carbons (Fsp3) is 0.611. The number of anilines is 1. The number of nitrogens with zero attached hydrogens (tertiary/aromatic N) is 1. The molecule has 0 radical (unpaired) electrons. The maximum Gasteiger partial charge on any atom is 0.230 e. The second kappa shape index (κ2) is 6.18. The Labute approximate surface area is 127 Å². The van der Waals surface area contributed by atoms with Crippen LogP contribution in [0, 0.1) is 18.8 Å². The Bertz CT molecular complexity index is 518. The van der Waals surface area contributed by atoms with Gasteiger partial charge in [-0.3, -0.25) is 4.79 Å². The van der Waals surface area contributed by atoms with Gasteiger partial charge in [0, 0.05) is 18.2 Å². The third kappa shape index (κ3) is 2.84. The Kier molecular flexibility index (Phi) is 4.29. The van der Waals surface area contributed by atoms with Crippen LogP contribution in [0.5, 0.6) is 0 Å². The summed E-state index contributed by atoms with van der Waals surface area (Å²) < 4.78 is 0. The Balaban J connectivity index is 1.78. The lowest BCUT2D eigenvalue weighted by Crippen LogP contribution is -2.41. The van der Waals surface area contributed by atoms with Crippen LogP contribution < -0.4 is 10.6 Å². The van der Waals surface area contributed by atoms with Gasteiger partial charge in [-0.2, -0.15) is 0 Å². The molecule has 0 bridgehead atoms. The van der Waals surface area contributed by atoms with E-state index in [0.717, 1.165) is 51.6 Å². The highest BCUT2D eigenvalue weighted by molar-refractivity contribution is 5.97. The molecule has 21 heavy (non-hydrogen) atoms. The zero-order chi connectivity index (χ0) is 14.8. The molecule has 1 aliphatic heterocycles. The van der Waals surface area contributed by atoms with Crippen molar-refractivity contribution in [3.63, 3.8) is 0 Å². The van der Waals surface area contributed by atoms with Crippen molar-refractivity contribution in [3.8, 4) is 0 Å². The average Bonchev–Trinajstić information content (AvgIpc) is 2.54. The topological polar surface area (TPSA) is 46.3 Å². The van der Waals surface area contributed by atoms with E-state index in [1.165, 1.54) is 16.8 Å². The van der Waals surface area contributed by atoms with Crippen molar-refractivity contribution in [3.05, 3.63) is 29.3 Å². The molecule has 114 valence electrons. The maximum atomic E-state index is 13.0. The molecule has 0 unspecified atom stereocenters. The van der Waals surface area contributed by atoms with E-state index < -0.39 is 0 Å². The van der Waals surface area contributed by atoms with E-state index in [4.69, 9.17) is 5.73 Å². The highest BCUT2D eigenvalue weighted by Crippen LogP contribution is 2.35. The number of hydrogen-bond donors (Lipinski definition) is 1. The molecular formula is C18H26N2O. The zero-order valence-corrected chi connectivity index (χ0v) is 13.0. The minimum absolute atomic E-state index is 0.207. The van der Waals surface area contributed by atoms with Gasteiger partial charge >= 0.3 is 0 Å². The first-order valence-corrected chi connectivity index (χ1v) is 8.30. The molecule has 1 aromatic rings. The standard InChI is InChI=1S/C18H26N2O/c1-13-4-2-5-15-6-3-11-20(17(13)15)18(21)16-9-7-14(12-19)8-10-16/h2,4-5,14,16H,3,6-12,19H2,1H3. The van der Waals surface area contributed by atoms with E-state index in [1.54, 1.807) is 0 Å². The number of hydrogen-bond acceptors (Lipinski definition) is 2. The lowest BCUT2D eigenvalue weighted by molar-refractivity contribution is -0.123. The highest BCUT2D eigenvalue weighted by Gasteiger charge is 2.32. The fourth-order valence-corrected chi connectivity index (χ4v) is 3.93. The maximum absolute atomic E-state index is 13.0. The van der Waals surface area contributed by atoms with Crippen LogP contribution in [0.2, 0.25) is 0 Å². The third-order valence-electron chi connectivity index (χ3n) is 5.21. The Morgan fingerprint density at radius 1 is 1.29 bits per heavy atom. The van der Waals surface area contributed by atoms with Crippen LogP contribution in [0.4, 0.5) is 5.69 Å². The van der Waals surface area contributed by atoms with E-state index in [-0.39, 0.29) is 5.92 Å². The van der Waals surface area contributed by atoms with Crippen molar-refractivity contribution < 1.29 is 4.79 Å². The summed E-state index contributed by atoms with van der Waals surface area (Å²) >= 11 is 0. The molecule has 1 amide bonds. The van der Waals surface area contributed by atoms with Gasteiger partial charge in [-0.05, 0) is 69.0 Å². The number of para-hydroxylation sites is 1. The van der Waals surface area contributed by atoms with E-state index in [0.29, 0.717) is 11.8 Å². The largest absolute Gasteiger partial charge is 0.330 e. The Morgan fingerprint density at radius 2 is 2.05 bits per heavy atom. The van der Waals surface area contributed by atoms with Crippen molar-refractivity contribution in [1.82, 2.24) is 0 Å². The predicted octanol–water partition coefficient (Wildman–Crippen LogP) is 3.04. The number of fused-ring (bicyclic) bond motifs is 1. The molecule has 0 aromatic heterocycles. The number of carbonyl (C=O) groups excluding carboxylic acids is 1. The van der Waals surface area contributed by atoms with Crippen LogP contribution in [-0.4, -0.2) is 19.0 Å². The molecule has 1 saturated carbocycles.